The van der Waals surface area contributed by atoms with Gasteiger partial charge in [-0.3, -0.25) is 19.6 Å². The predicted molar refractivity (Wildman–Crippen MR) is 156 cm³/mol. The maximum Gasteiger partial charge on any atom is 0.354 e. The van der Waals surface area contributed by atoms with Crippen LogP contribution in [0.25, 0.3) is 0 Å². The van der Waals surface area contributed by atoms with Crippen molar-refractivity contribution in [3.8, 4) is 11.5 Å². The van der Waals surface area contributed by atoms with Gasteiger partial charge < -0.3 is 29.2 Å². The number of pyridine rings is 2. The van der Waals surface area contributed by atoms with Gasteiger partial charge in [-0.15, -0.1) is 0 Å². The van der Waals surface area contributed by atoms with E-state index in [1.807, 2.05) is 42.5 Å². The first kappa shape index (κ1) is 31.8. The number of carboxylic acids is 2. The van der Waals surface area contributed by atoms with Crippen molar-refractivity contribution in [3.63, 3.8) is 0 Å². The van der Waals surface area contributed by atoms with E-state index in [9.17, 15) is 14.7 Å². The van der Waals surface area contributed by atoms with Crippen LogP contribution in [-0.4, -0.2) is 108 Å². The molecule has 0 fully saturated rings. The van der Waals surface area contributed by atoms with Crippen molar-refractivity contribution in [2.24, 2.45) is 0 Å². The van der Waals surface area contributed by atoms with E-state index in [0.717, 1.165) is 5.69 Å². The van der Waals surface area contributed by atoms with Gasteiger partial charge in [0.25, 0.3) is 0 Å². The summed E-state index contributed by atoms with van der Waals surface area (Å²) in [4.78, 5) is 35.5. The largest absolute Gasteiger partial charge is 0.488 e. The van der Waals surface area contributed by atoms with Crippen LogP contribution in [0.5, 0.6) is 11.5 Å². The molecule has 0 spiro atoms. The fourth-order valence-electron chi connectivity index (χ4n) is 4.52. The minimum Gasteiger partial charge on any atom is -0.488 e. The van der Waals surface area contributed by atoms with Crippen molar-refractivity contribution < 1.29 is 38.7 Å². The normalized spacial score (nSPS) is 16.6. The second-order valence-electron chi connectivity index (χ2n) is 9.93. The maximum absolute atomic E-state index is 11.4. The van der Waals surface area contributed by atoms with Crippen LogP contribution in [0.1, 0.15) is 27.6 Å². The monoisotopic (exact) mass is 594 g/mol. The van der Waals surface area contributed by atoms with Gasteiger partial charge in [-0.2, -0.15) is 0 Å². The van der Waals surface area contributed by atoms with E-state index in [4.69, 9.17) is 24.1 Å². The van der Waals surface area contributed by atoms with E-state index >= 15 is 0 Å². The molecule has 3 heterocycles. The molecule has 2 N–H and O–H groups in total. The third-order valence-corrected chi connectivity index (χ3v) is 6.65. The Morgan fingerprint density at radius 2 is 1.14 bits per heavy atom. The smallest absolute Gasteiger partial charge is 0.354 e. The lowest BCUT2D eigenvalue weighted by Crippen LogP contribution is -2.33. The summed E-state index contributed by atoms with van der Waals surface area (Å²) in [5.41, 5.74) is 1.96. The van der Waals surface area contributed by atoms with Crippen LogP contribution in [0, 0.1) is 0 Å². The molecular weight excluding hydrogens is 556 g/mol. The van der Waals surface area contributed by atoms with Crippen LogP contribution < -0.4 is 9.47 Å². The first-order chi connectivity index (χ1) is 21.0. The summed E-state index contributed by atoms with van der Waals surface area (Å²) >= 11 is 0. The summed E-state index contributed by atoms with van der Waals surface area (Å²) in [6.45, 7) is 5.96. The molecule has 2 aromatic heterocycles. The molecule has 43 heavy (non-hydrogen) atoms. The van der Waals surface area contributed by atoms with E-state index in [-0.39, 0.29) is 12.1 Å². The van der Waals surface area contributed by atoms with Crippen LogP contribution in [0.2, 0.25) is 0 Å². The molecule has 0 radical (unpaired) electrons. The molecule has 230 valence electrons. The van der Waals surface area contributed by atoms with Crippen LogP contribution in [-0.2, 0) is 33.8 Å². The lowest BCUT2D eigenvalue weighted by atomic mass is 10.2. The topological polar surface area (TPSA) is 144 Å². The van der Waals surface area contributed by atoms with Gasteiger partial charge in [-0.25, -0.2) is 9.78 Å². The standard InChI is InChI=1S/C31H38N4O8/c36-30(37)21-24-5-3-6-25(32-24)22-34-11-15-40-19-20-41-16-12-35(23-26-7-4-8-27(33-26)31(38)39)14-18-43-29-10-2-1-9-28(29)42-17-13-34/h1-10H,11-23H2,(H,36,37)(H,38,39). The Balaban J connectivity index is 1.40. The maximum atomic E-state index is 11.4. The van der Waals surface area contributed by atoms with E-state index in [0.29, 0.717) is 102 Å². The summed E-state index contributed by atoms with van der Waals surface area (Å²) in [6, 6.07) is 17.9. The summed E-state index contributed by atoms with van der Waals surface area (Å²) < 4.78 is 23.9. The molecule has 1 aromatic carbocycles. The fourth-order valence-corrected chi connectivity index (χ4v) is 4.52. The molecule has 0 unspecified atom stereocenters. The van der Waals surface area contributed by atoms with Crippen molar-refractivity contribution >= 4 is 11.9 Å². The number of para-hydroxylation sites is 2. The third-order valence-electron chi connectivity index (χ3n) is 6.65. The number of benzene rings is 1. The van der Waals surface area contributed by atoms with Gasteiger partial charge in [-0.05, 0) is 36.4 Å². The number of hydrogen-bond donors (Lipinski definition) is 2. The highest BCUT2D eigenvalue weighted by molar-refractivity contribution is 5.85. The average molecular weight is 595 g/mol. The highest BCUT2D eigenvalue weighted by Gasteiger charge is 2.14. The summed E-state index contributed by atoms with van der Waals surface area (Å²) in [7, 11) is 0. The zero-order valence-electron chi connectivity index (χ0n) is 24.1. The number of fused-ring (bicyclic) bond motifs is 1. The highest BCUT2D eigenvalue weighted by atomic mass is 16.5. The van der Waals surface area contributed by atoms with Crippen molar-refractivity contribution in [1.29, 1.82) is 0 Å². The second kappa shape index (κ2) is 17.1. The van der Waals surface area contributed by atoms with Crippen LogP contribution >= 0.6 is 0 Å². The van der Waals surface area contributed by atoms with Gasteiger partial charge in [0.15, 0.2) is 11.5 Å². The number of aliphatic carboxylic acids is 1. The number of nitrogens with zero attached hydrogens (tertiary/aromatic N) is 4. The van der Waals surface area contributed by atoms with Crippen molar-refractivity contribution in [2.45, 2.75) is 19.5 Å². The molecule has 1 aliphatic rings. The Labute approximate surface area is 250 Å². The Morgan fingerprint density at radius 3 is 1.70 bits per heavy atom. The Kier molecular flexibility index (Phi) is 12.7. The van der Waals surface area contributed by atoms with Crippen molar-refractivity contribution in [2.75, 3.05) is 65.8 Å². The zero-order chi connectivity index (χ0) is 30.3. The molecule has 0 saturated heterocycles. The Bertz CT molecular complexity index is 1320. The van der Waals surface area contributed by atoms with Crippen LogP contribution in [0.4, 0.5) is 0 Å². The van der Waals surface area contributed by atoms with Gasteiger partial charge in [0.2, 0.25) is 0 Å². The Hall–Kier alpha value is -4.10. The molecule has 12 heteroatoms. The SMILES string of the molecule is O=C(O)Cc1cccc(CN2CCOCCOCCN(Cc3cccc(C(=O)O)n3)CCOc3ccccc3OCC2)n1. The first-order valence-corrected chi connectivity index (χ1v) is 14.3. The number of aromatic nitrogens is 2. The second-order valence-corrected chi connectivity index (χ2v) is 9.93. The van der Waals surface area contributed by atoms with Crippen LogP contribution in [0.15, 0.2) is 60.7 Å². The van der Waals surface area contributed by atoms with Crippen LogP contribution in [0.3, 0.4) is 0 Å². The molecule has 1 aliphatic heterocycles. The molecule has 0 saturated carbocycles. The van der Waals surface area contributed by atoms with Gasteiger partial charge in [0.1, 0.15) is 18.9 Å². The lowest BCUT2D eigenvalue weighted by Gasteiger charge is -2.24. The quantitative estimate of drug-likeness (QED) is 0.415. The van der Waals surface area contributed by atoms with E-state index in [2.05, 4.69) is 19.8 Å². The molecule has 0 bridgehead atoms. The summed E-state index contributed by atoms with van der Waals surface area (Å²) in [5.74, 6) is -0.716. The summed E-state index contributed by atoms with van der Waals surface area (Å²) in [6.07, 6.45) is -0.122. The number of aromatic carboxylic acids is 1. The van der Waals surface area contributed by atoms with E-state index < -0.39 is 11.9 Å². The van der Waals surface area contributed by atoms with Gasteiger partial charge in [0, 0.05) is 39.3 Å². The minimum absolute atomic E-state index is 0.0103. The fraction of sp³-hybridized carbons (Fsp3) is 0.419. The van der Waals surface area contributed by atoms with Gasteiger partial charge >= 0.3 is 11.9 Å². The lowest BCUT2D eigenvalue weighted by molar-refractivity contribution is -0.136. The molecule has 0 atom stereocenters. The minimum atomic E-state index is -1.06. The molecule has 3 aromatic rings. The average Bonchev–Trinajstić information content (AvgIpc) is 2.98. The van der Waals surface area contributed by atoms with Crippen molar-refractivity contribution in [1.82, 2.24) is 19.8 Å². The molecule has 12 nitrogen and oxygen atoms in total. The third kappa shape index (κ3) is 11.2. The molecular formula is C31H38N4O8. The number of carbonyl (C=O) groups is 2. The number of carboxylic acid groups (broad SMARTS) is 2. The number of rotatable bonds is 7. The van der Waals surface area contributed by atoms with E-state index in [1.165, 1.54) is 6.07 Å². The predicted octanol–water partition coefficient (Wildman–Crippen LogP) is 2.61. The molecule has 0 aliphatic carbocycles. The van der Waals surface area contributed by atoms with Gasteiger partial charge in [0.05, 0.1) is 49.9 Å². The first-order valence-electron chi connectivity index (χ1n) is 14.3. The Morgan fingerprint density at radius 1 is 0.628 bits per heavy atom. The molecule has 4 rings (SSSR count). The zero-order valence-corrected chi connectivity index (χ0v) is 24.1. The number of ether oxygens (including phenoxy) is 4. The van der Waals surface area contributed by atoms with E-state index in [1.54, 1.807) is 12.1 Å². The van der Waals surface area contributed by atoms with Crippen molar-refractivity contribution in [3.05, 3.63) is 83.4 Å². The highest BCUT2D eigenvalue weighted by Crippen LogP contribution is 2.26. The number of hydrogen-bond acceptors (Lipinski definition) is 10. The van der Waals surface area contributed by atoms with Gasteiger partial charge in [-0.1, -0.05) is 24.3 Å². The molecule has 0 amide bonds. The summed E-state index contributed by atoms with van der Waals surface area (Å²) in [5, 5.41) is 18.4.